The molecule has 0 radical (unpaired) electrons. The molecule has 1 N–H and O–H groups in total. The lowest BCUT2D eigenvalue weighted by atomic mass is 9.93. The van der Waals surface area contributed by atoms with E-state index in [1.54, 1.807) is 0 Å². The summed E-state index contributed by atoms with van der Waals surface area (Å²) in [6, 6.07) is 25.3. The Hall–Kier alpha value is -3.57. The van der Waals surface area contributed by atoms with Crippen molar-refractivity contribution in [1.82, 2.24) is 9.78 Å². The van der Waals surface area contributed by atoms with Crippen LogP contribution < -0.4 is 5.32 Å². The quantitative estimate of drug-likeness (QED) is 0.218. The number of esters is 1. The van der Waals surface area contributed by atoms with E-state index in [0.717, 1.165) is 64.3 Å². The summed E-state index contributed by atoms with van der Waals surface area (Å²) in [4.78, 5) is 12.4. The van der Waals surface area contributed by atoms with Crippen molar-refractivity contribution < 1.29 is 9.53 Å². The van der Waals surface area contributed by atoms with Crippen LogP contribution in [0.25, 0.3) is 22.3 Å². The Morgan fingerprint density at radius 2 is 1.61 bits per heavy atom. The molecule has 1 aromatic heterocycles. The van der Waals surface area contributed by atoms with Crippen LogP contribution >= 0.6 is 11.6 Å². The molecule has 1 unspecified atom stereocenters. The average Bonchev–Trinajstić information content (AvgIpc) is 3.68. The normalized spacial score (nSPS) is 14.6. The van der Waals surface area contributed by atoms with Crippen molar-refractivity contribution in [3.63, 3.8) is 0 Å². The summed E-state index contributed by atoms with van der Waals surface area (Å²) in [7, 11) is 1.97. The molecule has 6 heteroatoms. The van der Waals surface area contributed by atoms with E-state index in [4.69, 9.17) is 16.3 Å². The van der Waals surface area contributed by atoms with Crippen LogP contribution in [0.5, 0.6) is 0 Å². The van der Waals surface area contributed by atoms with E-state index >= 15 is 0 Å². The van der Waals surface area contributed by atoms with Crippen LogP contribution in [0.4, 0.5) is 5.82 Å². The lowest BCUT2D eigenvalue weighted by molar-refractivity contribution is -0.146. The summed E-state index contributed by atoms with van der Waals surface area (Å²) in [6.45, 7) is 4.48. The van der Waals surface area contributed by atoms with Crippen molar-refractivity contribution in [1.29, 1.82) is 0 Å². The maximum absolute atomic E-state index is 12.4. The zero-order valence-electron chi connectivity index (χ0n) is 22.2. The molecule has 1 fully saturated rings. The number of rotatable bonds is 10. The van der Waals surface area contributed by atoms with Crippen molar-refractivity contribution in [3.8, 4) is 22.3 Å². The third-order valence-electron chi connectivity index (χ3n) is 7.48. The van der Waals surface area contributed by atoms with Crippen LogP contribution in [0.2, 0.25) is 5.02 Å². The highest BCUT2D eigenvalue weighted by Gasteiger charge is 2.52. The second kappa shape index (κ2) is 11.0. The Labute approximate surface area is 229 Å². The standard InChI is InChI=1S/C32H34ClN3O2/c1-4-38-31(37)32(19-20-32)27-15-13-25(14-16-27)24-9-11-26(12-10-24)29-21-34-36(3)30(29)35-22(2)5-6-23-7-17-28(33)18-8-23/h7-18,21-22,35H,4-6,19-20H2,1-3H3. The molecule has 0 amide bonds. The number of halogens is 1. The molecule has 5 nitrogen and oxygen atoms in total. The summed E-state index contributed by atoms with van der Waals surface area (Å²) in [6.07, 6.45) is 5.62. The fraction of sp³-hybridized carbons (Fsp3) is 0.312. The Morgan fingerprint density at radius 1 is 1.00 bits per heavy atom. The topological polar surface area (TPSA) is 56.1 Å². The molecule has 1 aliphatic carbocycles. The molecule has 0 aliphatic heterocycles. The smallest absolute Gasteiger partial charge is 0.316 e. The second-order valence-corrected chi connectivity index (χ2v) is 10.6. The molecule has 1 heterocycles. The van der Waals surface area contributed by atoms with Gasteiger partial charge in [0.25, 0.3) is 0 Å². The van der Waals surface area contributed by atoms with Gasteiger partial charge >= 0.3 is 5.97 Å². The Bertz CT molecular complexity index is 1390. The van der Waals surface area contributed by atoms with Crippen LogP contribution in [0.15, 0.2) is 79.0 Å². The summed E-state index contributed by atoms with van der Waals surface area (Å²) < 4.78 is 7.21. The van der Waals surface area contributed by atoms with E-state index in [9.17, 15) is 4.79 Å². The first-order chi connectivity index (χ1) is 18.4. The Morgan fingerprint density at radius 3 is 2.21 bits per heavy atom. The van der Waals surface area contributed by atoms with Crippen LogP contribution in [-0.2, 0) is 28.4 Å². The Kier molecular flexibility index (Phi) is 7.57. The number of aromatic nitrogens is 2. The zero-order valence-corrected chi connectivity index (χ0v) is 23.0. The van der Waals surface area contributed by atoms with Crippen molar-refractivity contribution in [2.45, 2.75) is 51.0 Å². The number of benzene rings is 3. The fourth-order valence-electron chi connectivity index (χ4n) is 4.99. The van der Waals surface area contributed by atoms with E-state index in [0.29, 0.717) is 6.61 Å². The first-order valence-electron chi connectivity index (χ1n) is 13.3. The molecule has 5 rings (SSSR count). The van der Waals surface area contributed by atoms with Gasteiger partial charge in [0.1, 0.15) is 5.82 Å². The number of carbonyl (C=O) groups excluding carboxylic acids is 1. The Balaban J connectivity index is 1.26. The maximum Gasteiger partial charge on any atom is 0.316 e. The van der Waals surface area contributed by atoms with Gasteiger partial charge in [-0.2, -0.15) is 5.10 Å². The molecule has 1 atom stereocenters. The number of hydrogen-bond donors (Lipinski definition) is 1. The maximum atomic E-state index is 12.4. The SMILES string of the molecule is CCOC(=O)C1(c2ccc(-c3ccc(-c4cnn(C)c4NC(C)CCc4ccc(Cl)cc4)cc3)cc2)CC1. The number of anilines is 1. The molecule has 0 spiro atoms. The third kappa shape index (κ3) is 5.48. The first-order valence-corrected chi connectivity index (χ1v) is 13.7. The van der Waals surface area contributed by atoms with Crippen LogP contribution in [-0.4, -0.2) is 28.4 Å². The molecule has 38 heavy (non-hydrogen) atoms. The monoisotopic (exact) mass is 527 g/mol. The number of hydrogen-bond acceptors (Lipinski definition) is 4. The van der Waals surface area contributed by atoms with Crippen molar-refractivity contribution >= 4 is 23.4 Å². The van der Waals surface area contributed by atoms with E-state index < -0.39 is 5.41 Å². The minimum absolute atomic E-state index is 0.0997. The summed E-state index contributed by atoms with van der Waals surface area (Å²) in [5, 5.41) is 8.96. The van der Waals surface area contributed by atoms with Gasteiger partial charge < -0.3 is 10.1 Å². The molecule has 1 saturated carbocycles. The number of nitrogens with one attached hydrogen (secondary N) is 1. The zero-order chi connectivity index (χ0) is 26.7. The molecule has 1 aliphatic rings. The fourth-order valence-corrected chi connectivity index (χ4v) is 5.11. The van der Waals surface area contributed by atoms with E-state index in [1.165, 1.54) is 5.56 Å². The van der Waals surface area contributed by atoms with Gasteiger partial charge in [0, 0.05) is 23.7 Å². The molecular formula is C32H34ClN3O2. The predicted octanol–water partition coefficient (Wildman–Crippen LogP) is 7.44. The van der Waals surface area contributed by atoms with Gasteiger partial charge in [-0.3, -0.25) is 9.48 Å². The van der Waals surface area contributed by atoms with E-state index in [1.807, 2.05) is 37.0 Å². The predicted molar refractivity (Wildman–Crippen MR) is 154 cm³/mol. The molecule has 196 valence electrons. The molecule has 0 saturated heterocycles. The molecule has 0 bridgehead atoms. The van der Waals surface area contributed by atoms with Crippen LogP contribution in [0.1, 0.15) is 44.2 Å². The van der Waals surface area contributed by atoms with E-state index in [-0.39, 0.29) is 12.0 Å². The number of ether oxygens (including phenoxy) is 1. The molecule has 3 aromatic carbocycles. The average molecular weight is 528 g/mol. The van der Waals surface area contributed by atoms with E-state index in [2.05, 4.69) is 78.0 Å². The van der Waals surface area contributed by atoms with Gasteiger partial charge in [-0.15, -0.1) is 0 Å². The van der Waals surface area contributed by atoms with Crippen LogP contribution in [0, 0.1) is 0 Å². The van der Waals surface area contributed by atoms with Gasteiger partial charge in [-0.25, -0.2) is 0 Å². The van der Waals surface area contributed by atoms with Crippen LogP contribution in [0.3, 0.4) is 0 Å². The number of aryl methyl sites for hydroxylation is 2. The highest BCUT2D eigenvalue weighted by atomic mass is 35.5. The van der Waals surface area contributed by atoms with Crippen molar-refractivity contribution in [2.24, 2.45) is 7.05 Å². The molecule has 4 aromatic rings. The lowest BCUT2D eigenvalue weighted by Crippen LogP contribution is -2.23. The largest absolute Gasteiger partial charge is 0.465 e. The minimum atomic E-state index is -0.436. The summed E-state index contributed by atoms with van der Waals surface area (Å²) in [5.74, 6) is 0.914. The number of nitrogens with zero attached hydrogens (tertiary/aromatic N) is 2. The van der Waals surface area contributed by atoms with Gasteiger partial charge in [0.05, 0.1) is 18.2 Å². The first kappa shape index (κ1) is 26.1. The minimum Gasteiger partial charge on any atom is -0.465 e. The summed E-state index contributed by atoms with van der Waals surface area (Å²) in [5.41, 5.74) is 6.35. The summed E-state index contributed by atoms with van der Waals surface area (Å²) >= 11 is 6.01. The third-order valence-corrected chi connectivity index (χ3v) is 7.74. The second-order valence-electron chi connectivity index (χ2n) is 10.2. The van der Waals surface area contributed by atoms with Crippen molar-refractivity contribution in [2.75, 3.05) is 11.9 Å². The van der Waals surface area contributed by atoms with Crippen molar-refractivity contribution in [3.05, 3.63) is 95.1 Å². The highest BCUT2D eigenvalue weighted by molar-refractivity contribution is 6.30. The molecular weight excluding hydrogens is 494 g/mol. The lowest BCUT2D eigenvalue weighted by Gasteiger charge is -2.17. The van der Waals surface area contributed by atoms with Gasteiger partial charge in [-0.1, -0.05) is 72.3 Å². The van der Waals surface area contributed by atoms with Gasteiger partial charge in [0.2, 0.25) is 0 Å². The van der Waals surface area contributed by atoms with Gasteiger partial charge in [-0.05, 0) is 79.5 Å². The number of carbonyl (C=O) groups is 1. The highest BCUT2D eigenvalue weighted by Crippen LogP contribution is 2.49. The van der Waals surface area contributed by atoms with Gasteiger partial charge in [0.15, 0.2) is 0 Å².